The van der Waals surface area contributed by atoms with Crippen LogP contribution in [-0.4, -0.2) is 40.5 Å². The summed E-state index contributed by atoms with van der Waals surface area (Å²) in [6, 6.07) is 13.8. The first-order chi connectivity index (χ1) is 15.0. The average Bonchev–Trinajstić information content (AvgIpc) is 2.76. The van der Waals surface area contributed by atoms with Gasteiger partial charge in [-0.3, -0.25) is 0 Å². The van der Waals surface area contributed by atoms with E-state index in [-0.39, 0.29) is 0 Å². The number of nitrogens with one attached hydrogen (secondary N) is 1. The smallest absolute Gasteiger partial charge is 0.154 e. The summed E-state index contributed by atoms with van der Waals surface area (Å²) in [4.78, 5) is 11.9. The molecule has 1 aromatic heterocycles. The van der Waals surface area contributed by atoms with Gasteiger partial charge < -0.3 is 10.2 Å². The molecular weight excluding hydrogens is 427 g/mol. The van der Waals surface area contributed by atoms with Crippen molar-refractivity contribution in [1.82, 2.24) is 14.9 Å². The number of halogens is 2. The summed E-state index contributed by atoms with van der Waals surface area (Å²) in [6.45, 7) is 9.96. The Morgan fingerprint density at radius 2 is 1.81 bits per heavy atom. The number of aromatic nitrogens is 2. The molecule has 0 radical (unpaired) electrons. The van der Waals surface area contributed by atoms with E-state index in [4.69, 9.17) is 33.2 Å². The number of fused-ring (bicyclic) bond motifs is 1. The van der Waals surface area contributed by atoms with Crippen molar-refractivity contribution in [3.05, 3.63) is 63.9 Å². The van der Waals surface area contributed by atoms with E-state index in [0.29, 0.717) is 21.9 Å². The lowest BCUT2D eigenvalue weighted by atomic mass is 10.1. The second-order valence-electron chi connectivity index (χ2n) is 7.66. The molecule has 0 fully saturated rings. The van der Waals surface area contributed by atoms with Gasteiger partial charge in [-0.05, 0) is 81.4 Å². The molecule has 0 saturated carbocycles. The third-order valence-electron chi connectivity index (χ3n) is 5.38. The Kier molecular flexibility index (Phi) is 8.70. The SMILES string of the molecule is CCN(CC)CCC[C@H](C)Nc1nc(/C=C/c2ccc(Cl)cc2Cl)nc2ccccc12. The molecule has 0 spiro atoms. The van der Waals surface area contributed by atoms with Crippen molar-refractivity contribution in [3.8, 4) is 0 Å². The van der Waals surface area contributed by atoms with Gasteiger partial charge in [-0.1, -0.05) is 55.2 Å². The molecule has 0 aliphatic carbocycles. The normalized spacial score (nSPS) is 12.7. The van der Waals surface area contributed by atoms with Gasteiger partial charge in [0.2, 0.25) is 0 Å². The van der Waals surface area contributed by atoms with Crippen molar-refractivity contribution in [2.45, 2.75) is 39.7 Å². The number of anilines is 1. The zero-order valence-corrected chi connectivity index (χ0v) is 19.9. The van der Waals surface area contributed by atoms with Gasteiger partial charge in [0.05, 0.1) is 5.52 Å². The highest BCUT2D eigenvalue weighted by Gasteiger charge is 2.10. The fraction of sp³-hybridized carbons (Fsp3) is 0.360. The minimum Gasteiger partial charge on any atom is -0.367 e. The van der Waals surface area contributed by atoms with Gasteiger partial charge in [-0.2, -0.15) is 0 Å². The van der Waals surface area contributed by atoms with Gasteiger partial charge in [0.25, 0.3) is 0 Å². The van der Waals surface area contributed by atoms with E-state index in [2.05, 4.69) is 37.1 Å². The molecule has 0 aliphatic heterocycles. The lowest BCUT2D eigenvalue weighted by Gasteiger charge is -2.20. The zero-order valence-electron chi connectivity index (χ0n) is 18.4. The van der Waals surface area contributed by atoms with Crippen LogP contribution in [0.1, 0.15) is 45.0 Å². The van der Waals surface area contributed by atoms with Crippen molar-refractivity contribution in [2.75, 3.05) is 25.0 Å². The predicted octanol–water partition coefficient (Wildman–Crippen LogP) is 7.03. The Hall–Kier alpha value is -2.14. The van der Waals surface area contributed by atoms with Crippen LogP contribution in [0.15, 0.2) is 42.5 Å². The van der Waals surface area contributed by atoms with Crippen LogP contribution >= 0.6 is 23.2 Å². The third kappa shape index (κ3) is 6.67. The van der Waals surface area contributed by atoms with Gasteiger partial charge in [0, 0.05) is 21.5 Å². The molecule has 4 nitrogen and oxygen atoms in total. The molecule has 1 heterocycles. The monoisotopic (exact) mass is 456 g/mol. The van der Waals surface area contributed by atoms with E-state index < -0.39 is 0 Å². The minimum absolute atomic E-state index is 0.316. The van der Waals surface area contributed by atoms with E-state index in [1.54, 1.807) is 6.07 Å². The van der Waals surface area contributed by atoms with Crippen molar-refractivity contribution in [3.63, 3.8) is 0 Å². The van der Waals surface area contributed by atoms with E-state index >= 15 is 0 Å². The molecule has 3 rings (SSSR count). The lowest BCUT2D eigenvalue weighted by molar-refractivity contribution is 0.295. The number of hydrogen-bond acceptors (Lipinski definition) is 4. The molecule has 0 saturated heterocycles. The predicted molar refractivity (Wildman–Crippen MR) is 135 cm³/mol. The highest BCUT2D eigenvalue weighted by Crippen LogP contribution is 2.25. The van der Waals surface area contributed by atoms with E-state index in [1.165, 1.54) is 0 Å². The van der Waals surface area contributed by atoms with Crippen LogP contribution in [0, 0.1) is 0 Å². The summed E-state index contributed by atoms with van der Waals surface area (Å²) < 4.78 is 0. The van der Waals surface area contributed by atoms with Crippen LogP contribution in [0.2, 0.25) is 10.0 Å². The molecule has 6 heteroatoms. The highest BCUT2D eigenvalue weighted by atomic mass is 35.5. The van der Waals surface area contributed by atoms with Gasteiger partial charge in [-0.15, -0.1) is 0 Å². The largest absolute Gasteiger partial charge is 0.367 e. The Labute approximate surface area is 195 Å². The number of hydrogen-bond donors (Lipinski definition) is 1. The quantitative estimate of drug-likeness (QED) is 0.355. The maximum atomic E-state index is 6.29. The summed E-state index contributed by atoms with van der Waals surface area (Å²) in [5, 5.41) is 5.85. The molecule has 0 amide bonds. The number of rotatable bonds is 10. The third-order valence-corrected chi connectivity index (χ3v) is 5.95. The van der Waals surface area contributed by atoms with Gasteiger partial charge in [0.15, 0.2) is 5.82 Å². The Bertz CT molecular complexity index is 1030. The van der Waals surface area contributed by atoms with E-state index in [1.807, 2.05) is 42.5 Å². The van der Waals surface area contributed by atoms with Crippen LogP contribution in [0.5, 0.6) is 0 Å². The first-order valence-corrected chi connectivity index (χ1v) is 11.6. The van der Waals surface area contributed by atoms with Crippen LogP contribution in [0.3, 0.4) is 0 Å². The molecule has 1 N–H and O–H groups in total. The van der Waals surface area contributed by atoms with Gasteiger partial charge >= 0.3 is 0 Å². The van der Waals surface area contributed by atoms with Crippen LogP contribution < -0.4 is 5.32 Å². The summed E-state index contributed by atoms with van der Waals surface area (Å²) in [7, 11) is 0. The lowest BCUT2D eigenvalue weighted by Crippen LogP contribution is -2.25. The Balaban J connectivity index is 1.78. The topological polar surface area (TPSA) is 41.0 Å². The van der Waals surface area contributed by atoms with E-state index in [0.717, 1.165) is 54.8 Å². The average molecular weight is 457 g/mol. The zero-order chi connectivity index (χ0) is 22.2. The fourth-order valence-electron chi connectivity index (χ4n) is 3.55. The Morgan fingerprint density at radius 1 is 1.03 bits per heavy atom. The molecule has 0 aliphatic rings. The molecule has 0 unspecified atom stereocenters. The molecule has 31 heavy (non-hydrogen) atoms. The van der Waals surface area contributed by atoms with Crippen LogP contribution in [-0.2, 0) is 0 Å². The van der Waals surface area contributed by atoms with Gasteiger partial charge in [-0.25, -0.2) is 9.97 Å². The first kappa shape index (κ1) is 23.5. The van der Waals surface area contributed by atoms with Crippen molar-refractivity contribution >= 4 is 52.1 Å². The maximum Gasteiger partial charge on any atom is 0.154 e. The number of benzene rings is 2. The first-order valence-electron chi connectivity index (χ1n) is 10.9. The summed E-state index contributed by atoms with van der Waals surface area (Å²) in [5.74, 6) is 1.50. The standard InChI is InChI=1S/C25H30Cl2N4/c1-4-31(5-2)16-8-9-18(3)28-25-21-10-6-7-11-23(21)29-24(30-25)15-13-19-12-14-20(26)17-22(19)27/h6-7,10-15,17-18H,4-5,8-9,16H2,1-3H3,(H,28,29,30)/b15-13+/t18-/m0/s1. The number of para-hydroxylation sites is 1. The van der Waals surface area contributed by atoms with E-state index in [9.17, 15) is 0 Å². The fourth-order valence-corrected chi connectivity index (χ4v) is 4.02. The minimum atomic E-state index is 0.316. The number of nitrogens with zero attached hydrogens (tertiary/aromatic N) is 3. The second kappa shape index (κ2) is 11.5. The molecule has 0 bridgehead atoms. The second-order valence-corrected chi connectivity index (χ2v) is 8.50. The molecule has 164 valence electrons. The highest BCUT2D eigenvalue weighted by molar-refractivity contribution is 6.35. The van der Waals surface area contributed by atoms with Crippen LogP contribution in [0.4, 0.5) is 5.82 Å². The van der Waals surface area contributed by atoms with Gasteiger partial charge in [0.1, 0.15) is 5.82 Å². The Morgan fingerprint density at radius 3 is 2.55 bits per heavy atom. The maximum absolute atomic E-state index is 6.29. The molecule has 1 atom stereocenters. The van der Waals surface area contributed by atoms with Crippen LogP contribution in [0.25, 0.3) is 23.1 Å². The van der Waals surface area contributed by atoms with Crippen molar-refractivity contribution < 1.29 is 0 Å². The summed E-state index contributed by atoms with van der Waals surface area (Å²) in [5.41, 5.74) is 1.79. The van der Waals surface area contributed by atoms with Crippen molar-refractivity contribution in [2.24, 2.45) is 0 Å². The molecule has 3 aromatic rings. The summed E-state index contributed by atoms with van der Waals surface area (Å²) in [6.07, 6.45) is 6.04. The molecular formula is C25H30Cl2N4. The summed E-state index contributed by atoms with van der Waals surface area (Å²) >= 11 is 12.3. The van der Waals surface area contributed by atoms with Crippen molar-refractivity contribution in [1.29, 1.82) is 0 Å². The molecule has 2 aromatic carbocycles.